The minimum atomic E-state index is -0.953. The van der Waals surface area contributed by atoms with Crippen LogP contribution in [0.1, 0.15) is 5.56 Å². The molecule has 0 heterocycles. The van der Waals surface area contributed by atoms with Crippen molar-refractivity contribution in [3.8, 4) is 0 Å². The van der Waals surface area contributed by atoms with Gasteiger partial charge in [0.05, 0.1) is 19.8 Å². The van der Waals surface area contributed by atoms with E-state index in [4.69, 9.17) is 5.41 Å². The third-order valence-corrected chi connectivity index (χ3v) is 2.15. The molecule has 0 aliphatic rings. The molecule has 6 heteroatoms. The van der Waals surface area contributed by atoms with Gasteiger partial charge < -0.3 is 9.47 Å². The highest BCUT2D eigenvalue weighted by molar-refractivity contribution is 6.78. The number of nitrogens with zero attached hydrogens (tertiary/aromatic N) is 1. The summed E-state index contributed by atoms with van der Waals surface area (Å²) in [6.45, 7) is 0. The molecule has 0 spiro atoms. The lowest BCUT2D eigenvalue weighted by Gasteiger charge is -1.95. The number of methoxy groups -OCH3 is 2. The predicted octanol–water partition coefficient (Wildman–Crippen LogP) is -0.0205. The van der Waals surface area contributed by atoms with Gasteiger partial charge in [0.25, 0.3) is 0 Å². The molecule has 0 atom stereocenters. The van der Waals surface area contributed by atoms with E-state index in [0.717, 1.165) is 19.8 Å². The van der Waals surface area contributed by atoms with Gasteiger partial charge in [-0.15, -0.1) is 0 Å². The Balaban J connectivity index is 3.18. The van der Waals surface area contributed by atoms with E-state index in [0.29, 0.717) is 0 Å². The largest absolute Gasteiger partial charge is 0.464 e. The Morgan fingerprint density at radius 1 is 1.11 bits per heavy atom. The molecule has 0 aliphatic carbocycles. The van der Waals surface area contributed by atoms with Crippen molar-refractivity contribution in [3.63, 3.8) is 0 Å². The maximum Gasteiger partial charge on any atom is 0.443 e. The van der Waals surface area contributed by atoms with Crippen LogP contribution in [0, 0.1) is 5.41 Å². The van der Waals surface area contributed by atoms with Crippen LogP contribution in [0.25, 0.3) is 0 Å². The molecule has 0 saturated heterocycles. The van der Waals surface area contributed by atoms with Crippen LogP contribution in [-0.2, 0) is 19.1 Å². The van der Waals surface area contributed by atoms with Crippen LogP contribution in [0.15, 0.2) is 30.3 Å². The molecule has 0 radical (unpaired) electrons. The fraction of sp³-hybridized carbons (Fsp3) is 0.154. The van der Waals surface area contributed by atoms with E-state index in [-0.39, 0.29) is 0 Å². The summed E-state index contributed by atoms with van der Waals surface area (Å²) >= 11 is 0. The number of hydrogen-bond acceptors (Lipinski definition) is 5. The molecule has 1 aromatic rings. The maximum absolute atomic E-state index is 11.5. The van der Waals surface area contributed by atoms with Gasteiger partial charge in [0.15, 0.2) is 0 Å². The Bertz CT molecular complexity index is 557. The Morgan fingerprint density at radius 3 is 2.21 bits per heavy atom. The van der Waals surface area contributed by atoms with Crippen molar-refractivity contribution in [1.29, 1.82) is 5.41 Å². The number of nitrogens with one attached hydrogen (secondary N) is 1. The van der Waals surface area contributed by atoms with Crippen LogP contribution < -0.4 is 4.67 Å². The smallest absolute Gasteiger partial charge is 0.443 e. The van der Waals surface area contributed by atoms with E-state index >= 15 is 0 Å². The van der Waals surface area contributed by atoms with Crippen molar-refractivity contribution >= 4 is 29.6 Å². The number of benzene rings is 1. The molecular weight excluding hydrogens is 248 g/mol. The van der Waals surface area contributed by atoms with Gasteiger partial charge in [-0.2, -0.15) is 0 Å². The summed E-state index contributed by atoms with van der Waals surface area (Å²) in [5.74, 6) is -1.83. The van der Waals surface area contributed by atoms with Crippen LogP contribution in [-0.4, -0.2) is 43.8 Å². The quantitative estimate of drug-likeness (QED) is 0.468. The summed E-state index contributed by atoms with van der Waals surface area (Å²) in [5, 5.41) is 7.53. The number of carbonyl (C=O) groups excluding carboxylic acids is 2. The summed E-state index contributed by atoms with van der Waals surface area (Å²) in [6, 6.07) is 8.95. The third kappa shape index (κ3) is 3.90. The molecule has 0 aromatic heterocycles. The number of ether oxygens (including phenoxy) is 2. The Labute approximate surface area is 109 Å². The number of carbonyl (C=O) groups is 2. The van der Waals surface area contributed by atoms with E-state index in [2.05, 4.69) is 14.1 Å². The number of hydrogen-bond donors (Lipinski definition) is 1. The molecule has 1 rings (SSSR count). The van der Waals surface area contributed by atoms with Gasteiger partial charge in [0.1, 0.15) is 0 Å². The molecule has 0 unspecified atom stereocenters. The molecule has 1 aromatic carbocycles. The first-order valence-corrected chi connectivity index (χ1v) is 5.31. The van der Waals surface area contributed by atoms with Gasteiger partial charge in [-0.05, 0) is 12.1 Å². The maximum atomic E-state index is 11.5. The highest BCUT2D eigenvalue weighted by Crippen LogP contribution is 1.92. The fourth-order valence-corrected chi connectivity index (χ4v) is 1.19. The van der Waals surface area contributed by atoms with E-state index < -0.39 is 23.4 Å². The van der Waals surface area contributed by atoms with E-state index in [1.165, 1.54) is 6.21 Å². The minimum absolute atomic E-state index is 0.404. The average molecular weight is 261 g/mol. The zero-order valence-corrected chi connectivity index (χ0v) is 10.5. The lowest BCUT2D eigenvalue weighted by atomic mass is 10.2. The first-order valence-electron chi connectivity index (χ1n) is 5.31. The molecule has 6 nitrogen and oxygen atoms in total. The SMILES string of the molecule is COC(=O)C(=N)C(=[N+]=Cc1ccccc1)C(=O)OC. The van der Waals surface area contributed by atoms with Crippen molar-refractivity contribution in [1.82, 2.24) is 4.67 Å². The van der Waals surface area contributed by atoms with Gasteiger partial charge >= 0.3 is 23.9 Å². The Kier molecular flexibility index (Phi) is 5.19. The second kappa shape index (κ2) is 6.88. The molecule has 0 amide bonds. The monoisotopic (exact) mass is 261 g/mol. The zero-order valence-electron chi connectivity index (χ0n) is 10.5. The van der Waals surface area contributed by atoms with Gasteiger partial charge in [0, 0.05) is 0 Å². The van der Waals surface area contributed by atoms with E-state index in [9.17, 15) is 9.59 Å². The molecule has 1 N–H and O–H groups in total. The summed E-state index contributed by atoms with van der Waals surface area (Å²) in [5.41, 5.74) is -0.332. The van der Waals surface area contributed by atoms with Crippen molar-refractivity contribution < 1.29 is 19.1 Å². The predicted molar refractivity (Wildman–Crippen MR) is 70.5 cm³/mol. The van der Waals surface area contributed by atoms with Crippen molar-refractivity contribution in [2.45, 2.75) is 0 Å². The molecular formula is C13H13N2O4+. The Hall–Kier alpha value is -2.72. The standard InChI is InChI=1S/C13H13N2O4/c1-18-12(16)10(14)11(13(17)19-2)15-8-9-6-4-3-5-7-9/h3-8,14H,1-2H3/q+1. The molecule has 0 saturated carbocycles. The topological polar surface area (TPSA) is 90.5 Å². The van der Waals surface area contributed by atoms with Gasteiger partial charge in [-0.1, -0.05) is 22.9 Å². The van der Waals surface area contributed by atoms with Gasteiger partial charge in [0.2, 0.25) is 5.71 Å². The first-order chi connectivity index (χ1) is 9.10. The zero-order chi connectivity index (χ0) is 14.3. The van der Waals surface area contributed by atoms with Gasteiger partial charge in [-0.3, -0.25) is 5.41 Å². The number of esters is 2. The van der Waals surface area contributed by atoms with Crippen LogP contribution >= 0.6 is 0 Å². The van der Waals surface area contributed by atoms with Crippen LogP contribution in [0.3, 0.4) is 0 Å². The van der Waals surface area contributed by atoms with E-state index in [1.807, 2.05) is 6.07 Å². The second-order valence-corrected chi connectivity index (χ2v) is 3.38. The van der Waals surface area contributed by atoms with Crippen LogP contribution in [0.5, 0.6) is 0 Å². The third-order valence-electron chi connectivity index (χ3n) is 2.15. The summed E-state index contributed by atoms with van der Waals surface area (Å²) in [7, 11) is 2.26. The highest BCUT2D eigenvalue weighted by atomic mass is 16.5. The fourth-order valence-electron chi connectivity index (χ4n) is 1.19. The summed E-state index contributed by atoms with van der Waals surface area (Å²) in [4.78, 5) is 22.7. The van der Waals surface area contributed by atoms with E-state index in [1.54, 1.807) is 24.3 Å². The Morgan fingerprint density at radius 2 is 1.68 bits per heavy atom. The molecule has 98 valence electrons. The summed E-state index contributed by atoms with van der Waals surface area (Å²) < 4.78 is 12.7. The molecule has 19 heavy (non-hydrogen) atoms. The lowest BCUT2D eigenvalue weighted by Crippen LogP contribution is -2.33. The first kappa shape index (κ1) is 14.3. The molecule has 0 aliphatic heterocycles. The number of rotatable bonds is 4. The normalized spacial score (nSPS) is 8.95. The van der Waals surface area contributed by atoms with Gasteiger partial charge in [-0.25, -0.2) is 9.59 Å². The van der Waals surface area contributed by atoms with Crippen molar-refractivity contribution in [2.75, 3.05) is 14.2 Å². The van der Waals surface area contributed by atoms with Crippen LogP contribution in [0.2, 0.25) is 0 Å². The molecule has 0 fully saturated rings. The second-order valence-electron chi connectivity index (χ2n) is 3.38. The van der Waals surface area contributed by atoms with Crippen LogP contribution in [0.4, 0.5) is 0 Å². The average Bonchev–Trinajstić information content (AvgIpc) is 2.47. The lowest BCUT2D eigenvalue weighted by molar-refractivity contribution is -0.134. The van der Waals surface area contributed by atoms with Crippen molar-refractivity contribution in [2.24, 2.45) is 0 Å². The highest BCUT2D eigenvalue weighted by Gasteiger charge is 2.34. The molecule has 0 bridgehead atoms. The van der Waals surface area contributed by atoms with Crippen molar-refractivity contribution in [3.05, 3.63) is 35.9 Å². The minimum Gasteiger partial charge on any atom is -0.464 e. The summed E-state index contributed by atoms with van der Waals surface area (Å²) in [6.07, 6.45) is 1.36.